The van der Waals surface area contributed by atoms with E-state index >= 15 is 0 Å². The molecule has 1 heteroatoms. The average molecular weight is 201 g/mol. The minimum absolute atomic E-state index is 0.308. The number of nitrogens with one attached hydrogen (secondary N) is 1. The van der Waals surface area contributed by atoms with Crippen molar-refractivity contribution < 1.29 is 0 Å². The highest BCUT2D eigenvalue weighted by Gasteiger charge is 2.31. The van der Waals surface area contributed by atoms with E-state index in [4.69, 9.17) is 0 Å². The van der Waals surface area contributed by atoms with Gasteiger partial charge in [-0.15, -0.1) is 0 Å². The molecule has 1 aliphatic rings. The molecule has 0 unspecified atom stereocenters. The Bertz CT molecular complexity index is 340. The molecule has 80 valence electrons. The topological polar surface area (TPSA) is 12.0 Å². The van der Waals surface area contributed by atoms with Gasteiger partial charge in [-0.2, -0.15) is 0 Å². The van der Waals surface area contributed by atoms with E-state index in [1.807, 2.05) is 7.05 Å². The van der Waals surface area contributed by atoms with Gasteiger partial charge in [-0.1, -0.05) is 42.0 Å². The van der Waals surface area contributed by atoms with Gasteiger partial charge >= 0.3 is 0 Å². The molecule has 0 heterocycles. The Kier molecular flexibility index (Phi) is 2.92. The number of allylic oxidation sites excluding steroid dienone is 2. The first kappa shape index (κ1) is 10.4. The lowest BCUT2D eigenvalue weighted by Gasteiger charge is -2.29. The van der Waals surface area contributed by atoms with Gasteiger partial charge in [0.05, 0.1) is 0 Å². The Morgan fingerprint density at radius 3 is 2.27 bits per heavy atom. The van der Waals surface area contributed by atoms with Gasteiger partial charge in [-0.05, 0) is 32.4 Å². The van der Waals surface area contributed by atoms with Crippen LogP contribution in [0.15, 0.2) is 36.4 Å². The highest BCUT2D eigenvalue weighted by Crippen LogP contribution is 2.36. The lowest BCUT2D eigenvalue weighted by atomic mass is 9.78. The molecule has 1 aromatic carbocycles. The first-order valence-corrected chi connectivity index (χ1v) is 5.64. The monoisotopic (exact) mass is 201 g/mol. The van der Waals surface area contributed by atoms with Crippen LogP contribution in [-0.4, -0.2) is 13.6 Å². The van der Waals surface area contributed by atoms with Gasteiger partial charge in [-0.3, -0.25) is 0 Å². The Morgan fingerprint density at radius 1 is 1.13 bits per heavy atom. The second-order valence-electron chi connectivity index (χ2n) is 4.56. The van der Waals surface area contributed by atoms with Gasteiger partial charge in [-0.25, -0.2) is 0 Å². The maximum atomic E-state index is 3.32. The smallest absolute Gasteiger partial charge is 0.0146 e. The number of rotatable bonds is 3. The van der Waals surface area contributed by atoms with Crippen molar-refractivity contribution in [1.29, 1.82) is 0 Å². The van der Waals surface area contributed by atoms with Crippen molar-refractivity contribution in [1.82, 2.24) is 5.32 Å². The number of hydrogen-bond donors (Lipinski definition) is 1. The van der Waals surface area contributed by atoms with Crippen LogP contribution in [0.4, 0.5) is 0 Å². The highest BCUT2D eigenvalue weighted by atomic mass is 14.8. The maximum absolute atomic E-state index is 3.32. The SMILES string of the molecule is CNCC1(c2ccc(C)cc2)CC=CC1. The van der Waals surface area contributed by atoms with Crippen molar-refractivity contribution in [3.05, 3.63) is 47.5 Å². The molecule has 1 aliphatic carbocycles. The van der Waals surface area contributed by atoms with Crippen molar-refractivity contribution in [2.75, 3.05) is 13.6 Å². The van der Waals surface area contributed by atoms with E-state index in [1.54, 1.807) is 0 Å². The predicted molar refractivity (Wildman–Crippen MR) is 65.2 cm³/mol. The fourth-order valence-electron chi connectivity index (χ4n) is 2.43. The van der Waals surface area contributed by atoms with Crippen molar-refractivity contribution in [2.45, 2.75) is 25.2 Å². The van der Waals surface area contributed by atoms with Crippen molar-refractivity contribution >= 4 is 0 Å². The summed E-state index contributed by atoms with van der Waals surface area (Å²) in [5.41, 5.74) is 3.11. The molecule has 0 aliphatic heterocycles. The first-order chi connectivity index (χ1) is 7.27. The lowest BCUT2D eigenvalue weighted by Crippen LogP contribution is -2.34. The van der Waals surface area contributed by atoms with Crippen LogP contribution in [-0.2, 0) is 5.41 Å². The second-order valence-corrected chi connectivity index (χ2v) is 4.56. The summed E-state index contributed by atoms with van der Waals surface area (Å²) >= 11 is 0. The second kappa shape index (κ2) is 4.19. The molecule has 0 radical (unpaired) electrons. The number of likely N-dealkylation sites (N-methyl/N-ethyl adjacent to an activating group) is 1. The molecular formula is C14H19N. The number of benzene rings is 1. The van der Waals surface area contributed by atoms with Gasteiger partial charge in [0.2, 0.25) is 0 Å². The van der Waals surface area contributed by atoms with Gasteiger partial charge in [0, 0.05) is 12.0 Å². The maximum Gasteiger partial charge on any atom is 0.0146 e. The van der Waals surface area contributed by atoms with Gasteiger partial charge in [0.1, 0.15) is 0 Å². The van der Waals surface area contributed by atoms with E-state index in [0.717, 1.165) is 19.4 Å². The first-order valence-electron chi connectivity index (χ1n) is 5.64. The third kappa shape index (κ3) is 1.98. The summed E-state index contributed by atoms with van der Waals surface area (Å²) in [6, 6.07) is 8.98. The zero-order valence-corrected chi connectivity index (χ0v) is 9.59. The van der Waals surface area contributed by atoms with Crippen LogP contribution in [0.3, 0.4) is 0 Å². The molecule has 1 nitrogen and oxygen atoms in total. The van der Waals surface area contributed by atoms with Gasteiger partial charge < -0.3 is 5.32 Å². The summed E-state index contributed by atoms with van der Waals surface area (Å²) in [7, 11) is 2.04. The van der Waals surface area contributed by atoms with Crippen LogP contribution in [0.2, 0.25) is 0 Å². The van der Waals surface area contributed by atoms with E-state index in [0.29, 0.717) is 5.41 Å². The summed E-state index contributed by atoms with van der Waals surface area (Å²) in [6.07, 6.45) is 6.93. The zero-order chi connectivity index (χ0) is 10.7. The lowest BCUT2D eigenvalue weighted by molar-refractivity contribution is 0.436. The van der Waals surface area contributed by atoms with Crippen molar-refractivity contribution in [3.8, 4) is 0 Å². The predicted octanol–water partition coefficient (Wildman–Crippen LogP) is 2.80. The molecule has 0 saturated carbocycles. The summed E-state index contributed by atoms with van der Waals surface area (Å²) < 4.78 is 0. The van der Waals surface area contributed by atoms with Gasteiger partial charge in [0.15, 0.2) is 0 Å². The molecular weight excluding hydrogens is 182 g/mol. The Morgan fingerprint density at radius 2 is 1.73 bits per heavy atom. The molecule has 0 amide bonds. The summed E-state index contributed by atoms with van der Waals surface area (Å²) in [5.74, 6) is 0. The molecule has 0 aromatic heterocycles. The van der Waals surface area contributed by atoms with Crippen molar-refractivity contribution in [2.24, 2.45) is 0 Å². The standard InChI is InChI=1S/C14H19N/c1-12-5-7-13(8-6-12)14(11-15-2)9-3-4-10-14/h3-8,15H,9-11H2,1-2H3. The molecule has 1 N–H and O–H groups in total. The van der Waals surface area contributed by atoms with E-state index in [2.05, 4.69) is 48.7 Å². The molecule has 0 fully saturated rings. The fourth-order valence-corrected chi connectivity index (χ4v) is 2.43. The minimum Gasteiger partial charge on any atom is -0.319 e. The van der Waals surface area contributed by atoms with Crippen LogP contribution in [0, 0.1) is 6.92 Å². The molecule has 2 rings (SSSR count). The van der Waals surface area contributed by atoms with Crippen LogP contribution in [0.25, 0.3) is 0 Å². The summed E-state index contributed by atoms with van der Waals surface area (Å²) in [6.45, 7) is 3.20. The van der Waals surface area contributed by atoms with Gasteiger partial charge in [0.25, 0.3) is 0 Å². The molecule has 0 atom stereocenters. The van der Waals surface area contributed by atoms with Crippen LogP contribution < -0.4 is 5.32 Å². The Balaban J connectivity index is 2.28. The molecule has 15 heavy (non-hydrogen) atoms. The van der Waals surface area contributed by atoms with Crippen LogP contribution in [0.1, 0.15) is 24.0 Å². The molecule has 0 spiro atoms. The largest absolute Gasteiger partial charge is 0.319 e. The summed E-state index contributed by atoms with van der Waals surface area (Å²) in [5, 5.41) is 3.32. The van der Waals surface area contributed by atoms with Crippen LogP contribution in [0.5, 0.6) is 0 Å². The van der Waals surface area contributed by atoms with Crippen LogP contribution >= 0.6 is 0 Å². The third-order valence-electron chi connectivity index (χ3n) is 3.36. The summed E-state index contributed by atoms with van der Waals surface area (Å²) in [4.78, 5) is 0. The average Bonchev–Trinajstić information content (AvgIpc) is 2.69. The minimum atomic E-state index is 0.308. The highest BCUT2D eigenvalue weighted by molar-refractivity contribution is 5.33. The van der Waals surface area contributed by atoms with Crippen molar-refractivity contribution in [3.63, 3.8) is 0 Å². The molecule has 0 saturated heterocycles. The third-order valence-corrected chi connectivity index (χ3v) is 3.36. The van der Waals surface area contributed by atoms with E-state index in [9.17, 15) is 0 Å². The van der Waals surface area contributed by atoms with E-state index < -0.39 is 0 Å². The Hall–Kier alpha value is -1.08. The van der Waals surface area contributed by atoms with E-state index in [-0.39, 0.29) is 0 Å². The van der Waals surface area contributed by atoms with E-state index in [1.165, 1.54) is 11.1 Å². The fraction of sp³-hybridized carbons (Fsp3) is 0.429. The molecule has 1 aromatic rings. The normalized spacial score (nSPS) is 18.3. The number of hydrogen-bond acceptors (Lipinski definition) is 1. The Labute approximate surface area is 92.2 Å². The quantitative estimate of drug-likeness (QED) is 0.741. The molecule has 0 bridgehead atoms. The number of aryl methyl sites for hydroxylation is 1. The zero-order valence-electron chi connectivity index (χ0n) is 9.59.